The van der Waals surface area contributed by atoms with Gasteiger partial charge in [0.1, 0.15) is 0 Å². The topological polar surface area (TPSA) is 75.4 Å². The second-order valence-electron chi connectivity index (χ2n) is 6.04. The average molecular weight is 299 g/mol. The molecule has 1 aromatic rings. The van der Waals surface area contributed by atoms with Crippen molar-refractivity contribution in [2.75, 3.05) is 19.6 Å². The summed E-state index contributed by atoms with van der Waals surface area (Å²) >= 11 is 0. The number of nitrogens with one attached hydrogen (secondary N) is 1. The molecule has 3 N–H and O–H groups in total. The molecule has 2 amide bonds. The summed E-state index contributed by atoms with van der Waals surface area (Å²) < 4.78 is 0. The molecule has 0 aliphatic carbocycles. The van der Waals surface area contributed by atoms with Gasteiger partial charge in [-0.05, 0) is 49.6 Å². The van der Waals surface area contributed by atoms with Crippen LogP contribution in [0.1, 0.15) is 28.8 Å². The summed E-state index contributed by atoms with van der Waals surface area (Å²) in [5, 5.41) is 3.09. The normalized spacial score (nSPS) is 27.0. The maximum atomic E-state index is 12.1. The molecule has 3 fully saturated rings. The molecule has 3 saturated heterocycles. The van der Waals surface area contributed by atoms with Crippen molar-refractivity contribution in [3.05, 3.63) is 41.5 Å². The molecule has 3 heterocycles. The molecule has 22 heavy (non-hydrogen) atoms. The first-order valence-electron chi connectivity index (χ1n) is 7.73. The first kappa shape index (κ1) is 14.8. The summed E-state index contributed by atoms with van der Waals surface area (Å²) in [6, 6.07) is 7.25. The second kappa shape index (κ2) is 6.32. The van der Waals surface area contributed by atoms with Crippen molar-refractivity contribution in [1.82, 2.24) is 10.2 Å². The smallest absolute Gasteiger partial charge is 0.249 e. The molecule has 4 rings (SSSR count). The van der Waals surface area contributed by atoms with Crippen LogP contribution in [-0.2, 0) is 4.79 Å². The molecule has 5 nitrogen and oxygen atoms in total. The minimum Gasteiger partial charge on any atom is -0.366 e. The number of hydrogen-bond acceptors (Lipinski definition) is 3. The van der Waals surface area contributed by atoms with Gasteiger partial charge >= 0.3 is 0 Å². The van der Waals surface area contributed by atoms with Crippen molar-refractivity contribution in [1.29, 1.82) is 0 Å². The molecule has 1 aromatic carbocycles. The number of nitrogens with zero attached hydrogens (tertiary/aromatic N) is 1. The van der Waals surface area contributed by atoms with Crippen LogP contribution in [-0.4, -0.2) is 42.4 Å². The minimum absolute atomic E-state index is 0.113. The predicted octanol–water partition coefficient (Wildman–Crippen LogP) is 1.01. The lowest BCUT2D eigenvalue weighted by atomic mass is 9.84. The van der Waals surface area contributed by atoms with E-state index in [1.165, 1.54) is 18.9 Å². The number of rotatable bonds is 4. The Balaban J connectivity index is 1.63. The van der Waals surface area contributed by atoms with Gasteiger partial charge in [-0.25, -0.2) is 0 Å². The number of piperidine rings is 3. The number of carbonyl (C=O) groups is 2. The van der Waals surface area contributed by atoms with Gasteiger partial charge in [0.15, 0.2) is 0 Å². The third-order valence-corrected chi connectivity index (χ3v) is 4.62. The van der Waals surface area contributed by atoms with E-state index in [-0.39, 0.29) is 11.9 Å². The third-order valence-electron chi connectivity index (χ3n) is 4.62. The van der Waals surface area contributed by atoms with Crippen LogP contribution in [0.2, 0.25) is 0 Å². The molecule has 116 valence electrons. The van der Waals surface area contributed by atoms with E-state index >= 15 is 0 Å². The van der Waals surface area contributed by atoms with Gasteiger partial charge in [-0.2, -0.15) is 0 Å². The lowest BCUT2D eigenvalue weighted by Gasteiger charge is -2.44. The van der Waals surface area contributed by atoms with Crippen LogP contribution >= 0.6 is 0 Å². The Bertz CT molecular complexity index is 604. The third kappa shape index (κ3) is 3.20. The van der Waals surface area contributed by atoms with Crippen LogP contribution in [0.15, 0.2) is 30.3 Å². The molecular formula is C17H21N3O2. The number of fused-ring (bicyclic) bond motifs is 3. The fourth-order valence-electron chi connectivity index (χ4n) is 3.39. The van der Waals surface area contributed by atoms with Crippen LogP contribution in [0.5, 0.6) is 0 Å². The number of nitrogens with two attached hydrogens (primary N) is 1. The Morgan fingerprint density at radius 2 is 1.95 bits per heavy atom. The van der Waals surface area contributed by atoms with Crippen molar-refractivity contribution >= 4 is 17.9 Å². The Morgan fingerprint density at radius 1 is 1.23 bits per heavy atom. The van der Waals surface area contributed by atoms with Gasteiger partial charge in [0.05, 0.1) is 0 Å². The van der Waals surface area contributed by atoms with E-state index in [0.717, 1.165) is 19.6 Å². The number of amides is 2. The Labute approximate surface area is 130 Å². The number of carbonyl (C=O) groups excluding carboxylic acids is 2. The minimum atomic E-state index is -0.488. The Morgan fingerprint density at radius 3 is 2.59 bits per heavy atom. The molecule has 1 atom stereocenters. The highest BCUT2D eigenvalue weighted by Gasteiger charge is 2.34. The predicted molar refractivity (Wildman–Crippen MR) is 85.1 cm³/mol. The highest BCUT2D eigenvalue weighted by molar-refractivity contribution is 5.99. The summed E-state index contributed by atoms with van der Waals surface area (Å²) in [7, 11) is 0. The van der Waals surface area contributed by atoms with E-state index in [9.17, 15) is 9.59 Å². The first-order chi connectivity index (χ1) is 10.6. The molecule has 0 unspecified atom stereocenters. The molecule has 2 bridgehead atoms. The second-order valence-corrected chi connectivity index (χ2v) is 6.04. The van der Waals surface area contributed by atoms with Gasteiger partial charge in [0.25, 0.3) is 0 Å². The van der Waals surface area contributed by atoms with Gasteiger partial charge in [-0.1, -0.05) is 18.2 Å². The van der Waals surface area contributed by atoms with Crippen LogP contribution in [0, 0.1) is 5.92 Å². The SMILES string of the molecule is NC(=O)c1ccccc1/C=C/C(=O)N[C@H]1CN2CCC1CC2. The van der Waals surface area contributed by atoms with Crippen LogP contribution in [0.4, 0.5) is 0 Å². The zero-order chi connectivity index (χ0) is 15.5. The standard InChI is InChI=1S/C17H21N3O2/c18-17(22)14-4-2-1-3-12(14)5-6-16(21)19-15-11-20-9-7-13(15)8-10-20/h1-6,13,15H,7-11H2,(H2,18,22)(H,19,21)/b6-5+/t15-/m0/s1. The summed E-state index contributed by atoms with van der Waals surface area (Å²) in [5.41, 5.74) is 6.42. The van der Waals surface area contributed by atoms with E-state index < -0.39 is 5.91 Å². The maximum Gasteiger partial charge on any atom is 0.249 e. The highest BCUT2D eigenvalue weighted by Crippen LogP contribution is 2.27. The highest BCUT2D eigenvalue weighted by atomic mass is 16.1. The van der Waals surface area contributed by atoms with Gasteiger partial charge < -0.3 is 16.0 Å². The van der Waals surface area contributed by atoms with Gasteiger partial charge in [-0.15, -0.1) is 0 Å². The Hall–Kier alpha value is -2.14. The molecule has 0 aromatic heterocycles. The van der Waals surface area contributed by atoms with Crippen molar-refractivity contribution < 1.29 is 9.59 Å². The molecule has 0 radical (unpaired) electrons. The zero-order valence-corrected chi connectivity index (χ0v) is 12.5. The first-order valence-corrected chi connectivity index (χ1v) is 7.73. The van der Waals surface area contributed by atoms with E-state index in [0.29, 0.717) is 17.0 Å². The molecule has 3 aliphatic rings. The van der Waals surface area contributed by atoms with E-state index in [1.807, 2.05) is 6.07 Å². The summed E-state index contributed by atoms with van der Waals surface area (Å²) in [4.78, 5) is 25.9. The van der Waals surface area contributed by atoms with Gasteiger partial charge in [0, 0.05) is 24.2 Å². The number of primary amides is 1. The average Bonchev–Trinajstić information content (AvgIpc) is 2.54. The maximum absolute atomic E-state index is 12.1. The fraction of sp³-hybridized carbons (Fsp3) is 0.412. The monoisotopic (exact) mass is 299 g/mol. The van der Waals surface area contributed by atoms with E-state index in [1.54, 1.807) is 24.3 Å². The fourth-order valence-corrected chi connectivity index (χ4v) is 3.39. The van der Waals surface area contributed by atoms with E-state index in [2.05, 4.69) is 10.2 Å². The van der Waals surface area contributed by atoms with Gasteiger partial charge in [0.2, 0.25) is 11.8 Å². The van der Waals surface area contributed by atoms with Gasteiger partial charge in [-0.3, -0.25) is 9.59 Å². The van der Waals surface area contributed by atoms with Crippen LogP contribution < -0.4 is 11.1 Å². The summed E-state index contributed by atoms with van der Waals surface area (Å²) in [6.45, 7) is 3.25. The molecule has 5 heteroatoms. The van der Waals surface area contributed by atoms with Crippen LogP contribution in [0.3, 0.4) is 0 Å². The van der Waals surface area contributed by atoms with Crippen molar-refractivity contribution in [2.24, 2.45) is 11.7 Å². The number of benzene rings is 1. The van der Waals surface area contributed by atoms with Crippen molar-refractivity contribution in [3.63, 3.8) is 0 Å². The van der Waals surface area contributed by atoms with E-state index in [4.69, 9.17) is 5.73 Å². The van der Waals surface area contributed by atoms with Crippen molar-refractivity contribution in [2.45, 2.75) is 18.9 Å². The van der Waals surface area contributed by atoms with Crippen molar-refractivity contribution in [3.8, 4) is 0 Å². The zero-order valence-electron chi connectivity index (χ0n) is 12.5. The number of hydrogen-bond donors (Lipinski definition) is 2. The Kier molecular flexibility index (Phi) is 4.24. The summed E-state index contributed by atoms with van der Waals surface area (Å²) in [5.74, 6) is -0.00340. The lowest BCUT2D eigenvalue weighted by molar-refractivity contribution is -0.118. The summed E-state index contributed by atoms with van der Waals surface area (Å²) in [6.07, 6.45) is 5.47. The lowest BCUT2D eigenvalue weighted by Crippen LogP contribution is -2.57. The largest absolute Gasteiger partial charge is 0.366 e. The molecular weight excluding hydrogens is 278 g/mol. The van der Waals surface area contributed by atoms with Crippen LogP contribution in [0.25, 0.3) is 6.08 Å². The molecule has 0 saturated carbocycles. The molecule has 0 spiro atoms. The quantitative estimate of drug-likeness (QED) is 0.815. The molecule has 3 aliphatic heterocycles.